The lowest BCUT2D eigenvalue weighted by Crippen LogP contribution is -2.52. The highest BCUT2D eigenvalue weighted by Crippen LogP contribution is 2.11. The summed E-state index contributed by atoms with van der Waals surface area (Å²) in [5.41, 5.74) is 6.23. The van der Waals surface area contributed by atoms with Crippen molar-refractivity contribution in [1.29, 1.82) is 0 Å². The van der Waals surface area contributed by atoms with Gasteiger partial charge in [-0.15, -0.1) is 0 Å². The van der Waals surface area contributed by atoms with E-state index in [2.05, 4.69) is 15.4 Å². The number of methoxy groups -OCH3 is 1. The van der Waals surface area contributed by atoms with Crippen LogP contribution in [-0.4, -0.2) is 59.7 Å². The SMILES string of the molecule is COC(=O)C=CC(=O)NCC(N)C(=O)NC(Cc1ccc(O)cc1)C(=O)O. The van der Waals surface area contributed by atoms with E-state index in [1.54, 1.807) is 0 Å². The van der Waals surface area contributed by atoms with Crippen LogP contribution in [0.5, 0.6) is 5.75 Å². The number of amides is 2. The highest BCUT2D eigenvalue weighted by Gasteiger charge is 2.23. The van der Waals surface area contributed by atoms with Crippen molar-refractivity contribution in [1.82, 2.24) is 10.6 Å². The monoisotopic (exact) mass is 379 g/mol. The van der Waals surface area contributed by atoms with Crippen molar-refractivity contribution in [2.24, 2.45) is 5.73 Å². The molecule has 0 fully saturated rings. The molecule has 2 unspecified atom stereocenters. The number of carbonyl (C=O) groups is 4. The Kier molecular flexibility index (Phi) is 8.46. The maximum Gasteiger partial charge on any atom is 0.330 e. The Bertz CT molecular complexity index is 716. The van der Waals surface area contributed by atoms with Gasteiger partial charge in [-0.3, -0.25) is 9.59 Å². The topological polar surface area (TPSA) is 168 Å². The first-order chi connectivity index (χ1) is 12.7. The van der Waals surface area contributed by atoms with Gasteiger partial charge in [-0.25, -0.2) is 9.59 Å². The number of ether oxygens (including phenoxy) is 1. The van der Waals surface area contributed by atoms with E-state index in [1.807, 2.05) is 0 Å². The highest BCUT2D eigenvalue weighted by atomic mass is 16.5. The van der Waals surface area contributed by atoms with E-state index in [0.29, 0.717) is 5.56 Å². The van der Waals surface area contributed by atoms with Crippen LogP contribution >= 0.6 is 0 Å². The number of aromatic hydroxyl groups is 1. The number of esters is 1. The van der Waals surface area contributed by atoms with Crippen LogP contribution in [0.3, 0.4) is 0 Å². The summed E-state index contributed by atoms with van der Waals surface area (Å²) in [6, 6.07) is 3.44. The smallest absolute Gasteiger partial charge is 0.330 e. The molecule has 0 aromatic heterocycles. The molecule has 0 aliphatic rings. The average Bonchev–Trinajstić information content (AvgIpc) is 2.64. The third-order valence-electron chi connectivity index (χ3n) is 3.40. The first-order valence-electron chi connectivity index (χ1n) is 7.83. The van der Waals surface area contributed by atoms with Crippen molar-refractivity contribution < 1.29 is 34.1 Å². The van der Waals surface area contributed by atoms with Gasteiger partial charge in [0.05, 0.1) is 7.11 Å². The predicted octanol–water partition coefficient (Wildman–Crippen LogP) is -1.32. The quantitative estimate of drug-likeness (QED) is 0.260. The van der Waals surface area contributed by atoms with E-state index in [1.165, 1.54) is 24.3 Å². The number of phenolic OH excluding ortho intramolecular Hbond substituents is 1. The molecule has 10 nitrogen and oxygen atoms in total. The third-order valence-corrected chi connectivity index (χ3v) is 3.40. The molecule has 0 spiro atoms. The number of rotatable bonds is 9. The number of carboxylic acids is 1. The van der Waals surface area contributed by atoms with Crippen molar-refractivity contribution in [3.63, 3.8) is 0 Å². The van der Waals surface area contributed by atoms with Crippen LogP contribution in [0.2, 0.25) is 0 Å². The van der Waals surface area contributed by atoms with Gasteiger partial charge < -0.3 is 31.3 Å². The zero-order valence-corrected chi connectivity index (χ0v) is 14.5. The lowest BCUT2D eigenvalue weighted by Gasteiger charge is -2.18. The van der Waals surface area contributed by atoms with E-state index in [-0.39, 0.29) is 18.7 Å². The number of aliphatic carboxylic acids is 1. The summed E-state index contributed by atoms with van der Waals surface area (Å²) in [5.74, 6) is -3.37. The molecular weight excluding hydrogens is 358 g/mol. The van der Waals surface area contributed by atoms with Gasteiger partial charge in [0.25, 0.3) is 0 Å². The molecule has 0 heterocycles. The predicted molar refractivity (Wildman–Crippen MR) is 93.5 cm³/mol. The first kappa shape index (κ1) is 21.6. The van der Waals surface area contributed by atoms with Crippen LogP contribution in [0.15, 0.2) is 36.4 Å². The molecule has 10 heteroatoms. The Morgan fingerprint density at radius 1 is 1.19 bits per heavy atom. The molecule has 6 N–H and O–H groups in total. The Morgan fingerprint density at radius 2 is 1.81 bits per heavy atom. The molecule has 1 aromatic rings. The molecule has 1 aromatic carbocycles. The van der Waals surface area contributed by atoms with Crippen LogP contribution in [0, 0.1) is 0 Å². The van der Waals surface area contributed by atoms with Crippen molar-refractivity contribution in [2.75, 3.05) is 13.7 Å². The summed E-state index contributed by atoms with van der Waals surface area (Å²) in [4.78, 5) is 45.7. The minimum absolute atomic E-state index is 0.0116. The fourth-order valence-corrected chi connectivity index (χ4v) is 1.92. The van der Waals surface area contributed by atoms with E-state index >= 15 is 0 Å². The number of phenols is 1. The number of hydrogen-bond acceptors (Lipinski definition) is 7. The molecule has 0 saturated heterocycles. The summed E-state index contributed by atoms with van der Waals surface area (Å²) in [7, 11) is 1.15. The summed E-state index contributed by atoms with van der Waals surface area (Å²) < 4.78 is 4.32. The molecule has 27 heavy (non-hydrogen) atoms. The number of hydrogen-bond donors (Lipinski definition) is 5. The zero-order valence-electron chi connectivity index (χ0n) is 14.5. The van der Waals surface area contributed by atoms with Crippen LogP contribution in [-0.2, 0) is 30.3 Å². The van der Waals surface area contributed by atoms with E-state index in [4.69, 9.17) is 5.73 Å². The van der Waals surface area contributed by atoms with Gasteiger partial charge in [0.1, 0.15) is 17.8 Å². The van der Waals surface area contributed by atoms with Crippen LogP contribution in [0.4, 0.5) is 0 Å². The fraction of sp³-hybridized carbons (Fsp3) is 0.294. The van der Waals surface area contributed by atoms with E-state index < -0.39 is 35.8 Å². The summed E-state index contributed by atoms with van der Waals surface area (Å²) in [6.45, 7) is -0.262. The fourth-order valence-electron chi connectivity index (χ4n) is 1.92. The molecule has 2 amide bonds. The molecule has 146 valence electrons. The maximum absolute atomic E-state index is 12.0. The Morgan fingerprint density at radius 3 is 2.37 bits per heavy atom. The molecule has 0 aliphatic heterocycles. The molecule has 0 aliphatic carbocycles. The number of carboxylic acid groups (broad SMARTS) is 1. The molecule has 1 rings (SSSR count). The Labute approximate surface area is 155 Å². The van der Waals surface area contributed by atoms with Crippen LogP contribution in [0.1, 0.15) is 5.56 Å². The van der Waals surface area contributed by atoms with Crippen LogP contribution < -0.4 is 16.4 Å². The number of benzene rings is 1. The number of nitrogens with two attached hydrogens (primary N) is 1. The molecular formula is C17H21N3O7. The van der Waals surface area contributed by atoms with Crippen molar-refractivity contribution >= 4 is 23.8 Å². The van der Waals surface area contributed by atoms with Gasteiger partial charge in [0, 0.05) is 25.1 Å². The van der Waals surface area contributed by atoms with Gasteiger partial charge in [-0.05, 0) is 17.7 Å². The second kappa shape index (κ2) is 10.6. The van der Waals surface area contributed by atoms with Gasteiger partial charge >= 0.3 is 11.9 Å². The van der Waals surface area contributed by atoms with Crippen molar-refractivity contribution in [2.45, 2.75) is 18.5 Å². The van der Waals surface area contributed by atoms with Crippen molar-refractivity contribution in [3.05, 3.63) is 42.0 Å². The lowest BCUT2D eigenvalue weighted by atomic mass is 10.1. The summed E-state index contributed by atoms with van der Waals surface area (Å²) in [6.07, 6.45) is 1.81. The van der Waals surface area contributed by atoms with E-state index in [9.17, 15) is 29.4 Å². The maximum atomic E-state index is 12.0. The molecule has 0 saturated carbocycles. The Hall–Kier alpha value is -3.40. The first-order valence-corrected chi connectivity index (χ1v) is 7.83. The van der Waals surface area contributed by atoms with Gasteiger partial charge in [-0.1, -0.05) is 12.1 Å². The molecule has 0 bridgehead atoms. The lowest BCUT2D eigenvalue weighted by molar-refractivity contribution is -0.142. The summed E-state index contributed by atoms with van der Waals surface area (Å²) in [5, 5.41) is 23.1. The minimum atomic E-state index is -1.26. The second-order valence-electron chi connectivity index (χ2n) is 5.48. The van der Waals surface area contributed by atoms with Gasteiger partial charge in [0.2, 0.25) is 11.8 Å². The van der Waals surface area contributed by atoms with Crippen LogP contribution in [0.25, 0.3) is 0 Å². The zero-order chi connectivity index (χ0) is 20.4. The average molecular weight is 379 g/mol. The standard InChI is InChI=1S/C17H21N3O7/c1-27-15(23)7-6-14(22)19-9-12(18)16(24)20-13(17(25)26)8-10-2-4-11(21)5-3-10/h2-7,12-13,21H,8-9,18H2,1H3,(H,19,22)(H,20,24)(H,25,26). The molecule has 0 radical (unpaired) electrons. The Balaban J connectivity index is 2.56. The highest BCUT2D eigenvalue weighted by molar-refractivity contribution is 5.95. The van der Waals surface area contributed by atoms with Gasteiger partial charge in [-0.2, -0.15) is 0 Å². The number of nitrogens with one attached hydrogen (secondary N) is 2. The van der Waals surface area contributed by atoms with E-state index in [0.717, 1.165) is 19.3 Å². The van der Waals surface area contributed by atoms with Crippen molar-refractivity contribution in [3.8, 4) is 5.75 Å². The summed E-state index contributed by atoms with van der Waals surface area (Å²) >= 11 is 0. The molecule has 2 atom stereocenters. The third kappa shape index (κ3) is 8.01. The largest absolute Gasteiger partial charge is 0.508 e. The second-order valence-corrected chi connectivity index (χ2v) is 5.48. The number of carbonyl (C=O) groups excluding carboxylic acids is 3. The van der Waals surface area contributed by atoms with Gasteiger partial charge in [0.15, 0.2) is 0 Å². The normalized spacial score (nSPS) is 12.8. The minimum Gasteiger partial charge on any atom is -0.508 e.